The van der Waals surface area contributed by atoms with E-state index >= 15 is 0 Å². The highest BCUT2D eigenvalue weighted by atomic mass is 14.1. The number of hydrogen-bond acceptors (Lipinski definition) is 0. The second-order valence-electron chi connectivity index (χ2n) is 5.09. The van der Waals surface area contributed by atoms with Crippen LogP contribution in [0.25, 0.3) is 0 Å². The van der Waals surface area contributed by atoms with E-state index in [2.05, 4.69) is 84.9 Å². The first-order chi connectivity index (χ1) is 12.9. The molecule has 140 valence electrons. The minimum Gasteiger partial charge on any atom is -0.0683 e. The molecule has 0 bridgehead atoms. The summed E-state index contributed by atoms with van der Waals surface area (Å²) in [5, 5.41) is 0. The van der Waals surface area contributed by atoms with Crippen molar-refractivity contribution in [2.45, 2.75) is 54.4 Å². The van der Waals surface area contributed by atoms with Crippen molar-refractivity contribution in [3.8, 4) is 0 Å². The Labute approximate surface area is 161 Å². The van der Waals surface area contributed by atoms with Crippen molar-refractivity contribution in [3.63, 3.8) is 0 Å². The molecule has 26 heavy (non-hydrogen) atoms. The van der Waals surface area contributed by atoms with Crippen molar-refractivity contribution in [3.05, 3.63) is 107 Å². The minimum absolute atomic E-state index is 1.00. The molecule has 3 aromatic rings. The first-order valence-electron chi connectivity index (χ1n) is 10.1. The maximum Gasteiger partial charge on any atom is -0.00229 e. The second-order valence-corrected chi connectivity index (χ2v) is 5.09. The summed E-state index contributed by atoms with van der Waals surface area (Å²) in [5.74, 6) is 0. The summed E-state index contributed by atoms with van der Waals surface area (Å²) in [6.45, 7) is 12.0. The fourth-order valence-corrected chi connectivity index (χ4v) is 2.53. The van der Waals surface area contributed by atoms with E-state index in [0.717, 1.165) is 12.8 Å². The molecule has 0 N–H and O–H groups in total. The lowest BCUT2D eigenvalue weighted by Gasteiger charge is -2.10. The maximum absolute atomic E-state index is 2.24. The molecular formula is C26H36. The van der Waals surface area contributed by atoms with E-state index < -0.39 is 0 Å². The summed E-state index contributed by atoms with van der Waals surface area (Å²) < 4.78 is 0. The quantitative estimate of drug-likeness (QED) is 0.449. The second kappa shape index (κ2) is 16.1. The standard InChI is InChI=1S/C20H18.3C2H6/c1-3-9-17(10-4-1)15-19-13-7-8-14-20(19)16-18-11-5-2-6-12-18;3*1-2/h1-14H,15-16H2;3*1-2H3. The van der Waals surface area contributed by atoms with Gasteiger partial charge in [0.05, 0.1) is 0 Å². The molecule has 0 amide bonds. The predicted molar refractivity (Wildman–Crippen MR) is 119 cm³/mol. The van der Waals surface area contributed by atoms with Crippen molar-refractivity contribution in [2.24, 2.45) is 0 Å². The van der Waals surface area contributed by atoms with Crippen molar-refractivity contribution in [1.29, 1.82) is 0 Å². The van der Waals surface area contributed by atoms with Crippen LogP contribution in [0.5, 0.6) is 0 Å². The van der Waals surface area contributed by atoms with Crippen molar-refractivity contribution in [2.75, 3.05) is 0 Å². The normalized spacial score (nSPS) is 8.69. The van der Waals surface area contributed by atoms with Gasteiger partial charge in [0.2, 0.25) is 0 Å². The molecule has 0 unspecified atom stereocenters. The third-order valence-electron chi connectivity index (χ3n) is 3.59. The fraction of sp³-hybridized carbons (Fsp3) is 0.308. The van der Waals surface area contributed by atoms with E-state index in [1.807, 2.05) is 41.5 Å². The Morgan fingerprint density at radius 1 is 0.385 bits per heavy atom. The Balaban J connectivity index is 0.000000948. The molecule has 0 saturated carbocycles. The highest BCUT2D eigenvalue weighted by Gasteiger charge is 2.03. The topological polar surface area (TPSA) is 0 Å². The van der Waals surface area contributed by atoms with Crippen LogP contribution in [-0.4, -0.2) is 0 Å². The number of rotatable bonds is 4. The van der Waals surface area contributed by atoms with Gasteiger partial charge in [-0.1, -0.05) is 126 Å². The van der Waals surface area contributed by atoms with Crippen LogP contribution in [0.15, 0.2) is 84.9 Å². The first kappa shape index (κ1) is 23.7. The van der Waals surface area contributed by atoms with E-state index in [1.54, 1.807) is 0 Å². The molecule has 0 heterocycles. The summed E-state index contributed by atoms with van der Waals surface area (Å²) >= 11 is 0. The van der Waals surface area contributed by atoms with Crippen LogP contribution in [0.3, 0.4) is 0 Å². The predicted octanol–water partition coefficient (Wildman–Crippen LogP) is 7.95. The monoisotopic (exact) mass is 348 g/mol. The Morgan fingerprint density at radius 3 is 0.962 bits per heavy atom. The summed E-state index contributed by atoms with van der Waals surface area (Å²) in [5.41, 5.74) is 5.58. The highest BCUT2D eigenvalue weighted by molar-refractivity contribution is 5.36. The third-order valence-corrected chi connectivity index (χ3v) is 3.59. The summed E-state index contributed by atoms with van der Waals surface area (Å²) in [4.78, 5) is 0. The maximum atomic E-state index is 2.24. The molecule has 0 fully saturated rings. The largest absolute Gasteiger partial charge is 0.0683 e. The first-order valence-corrected chi connectivity index (χ1v) is 10.1. The van der Waals surface area contributed by atoms with Gasteiger partial charge >= 0.3 is 0 Å². The van der Waals surface area contributed by atoms with Gasteiger partial charge in [0.15, 0.2) is 0 Å². The van der Waals surface area contributed by atoms with Crippen molar-refractivity contribution < 1.29 is 0 Å². The van der Waals surface area contributed by atoms with Crippen molar-refractivity contribution in [1.82, 2.24) is 0 Å². The molecule has 0 aliphatic heterocycles. The van der Waals surface area contributed by atoms with Crippen molar-refractivity contribution >= 4 is 0 Å². The average Bonchev–Trinajstić information content (AvgIpc) is 2.75. The average molecular weight is 349 g/mol. The lowest BCUT2D eigenvalue weighted by atomic mass is 9.95. The Bertz CT molecular complexity index is 593. The van der Waals surface area contributed by atoms with Gasteiger partial charge in [0.1, 0.15) is 0 Å². The molecule has 3 aromatic carbocycles. The SMILES string of the molecule is CC.CC.CC.c1ccc(Cc2ccccc2Cc2ccccc2)cc1. The summed E-state index contributed by atoms with van der Waals surface area (Å²) in [6.07, 6.45) is 2.01. The van der Waals surface area contributed by atoms with E-state index in [1.165, 1.54) is 22.3 Å². The van der Waals surface area contributed by atoms with E-state index in [-0.39, 0.29) is 0 Å². The zero-order valence-corrected chi connectivity index (χ0v) is 17.5. The van der Waals surface area contributed by atoms with Crippen LogP contribution in [0.4, 0.5) is 0 Å². The molecule has 0 radical (unpaired) electrons. The lowest BCUT2D eigenvalue weighted by Crippen LogP contribution is -1.96. The molecule has 0 aromatic heterocycles. The van der Waals surface area contributed by atoms with Gasteiger partial charge in [-0.05, 0) is 35.1 Å². The molecule has 0 atom stereocenters. The molecular weight excluding hydrogens is 312 g/mol. The van der Waals surface area contributed by atoms with Crippen LogP contribution in [0, 0.1) is 0 Å². The zero-order chi connectivity index (χ0) is 19.6. The summed E-state index contributed by atoms with van der Waals surface area (Å²) in [6, 6.07) is 30.1. The van der Waals surface area contributed by atoms with Gasteiger partial charge in [-0.25, -0.2) is 0 Å². The highest BCUT2D eigenvalue weighted by Crippen LogP contribution is 2.17. The Morgan fingerprint density at radius 2 is 0.654 bits per heavy atom. The molecule has 0 nitrogen and oxygen atoms in total. The number of hydrogen-bond donors (Lipinski definition) is 0. The molecule has 3 rings (SSSR count). The van der Waals surface area contributed by atoms with Gasteiger partial charge in [-0.3, -0.25) is 0 Å². The molecule has 0 heteroatoms. The Hall–Kier alpha value is -2.34. The van der Waals surface area contributed by atoms with Crippen LogP contribution in [0.1, 0.15) is 63.8 Å². The number of benzene rings is 3. The molecule has 0 aliphatic rings. The van der Waals surface area contributed by atoms with Gasteiger partial charge in [0.25, 0.3) is 0 Å². The molecule has 0 saturated heterocycles. The van der Waals surface area contributed by atoms with E-state index in [4.69, 9.17) is 0 Å². The van der Waals surface area contributed by atoms with Crippen LogP contribution < -0.4 is 0 Å². The van der Waals surface area contributed by atoms with E-state index in [9.17, 15) is 0 Å². The van der Waals surface area contributed by atoms with Crippen LogP contribution in [-0.2, 0) is 12.8 Å². The third kappa shape index (κ3) is 8.67. The molecule has 0 aliphatic carbocycles. The van der Waals surface area contributed by atoms with Gasteiger partial charge < -0.3 is 0 Å². The van der Waals surface area contributed by atoms with Crippen LogP contribution >= 0.6 is 0 Å². The zero-order valence-electron chi connectivity index (χ0n) is 17.5. The Kier molecular flexibility index (Phi) is 14.7. The summed E-state index contributed by atoms with van der Waals surface area (Å²) in [7, 11) is 0. The van der Waals surface area contributed by atoms with Crippen LogP contribution in [0.2, 0.25) is 0 Å². The smallest absolute Gasteiger partial charge is 0.00229 e. The fourth-order valence-electron chi connectivity index (χ4n) is 2.53. The lowest BCUT2D eigenvalue weighted by molar-refractivity contribution is 1.09. The van der Waals surface area contributed by atoms with Gasteiger partial charge in [-0.15, -0.1) is 0 Å². The van der Waals surface area contributed by atoms with E-state index in [0.29, 0.717) is 0 Å². The minimum atomic E-state index is 1.00. The van der Waals surface area contributed by atoms with Gasteiger partial charge in [-0.2, -0.15) is 0 Å². The molecule has 0 spiro atoms. The van der Waals surface area contributed by atoms with Gasteiger partial charge in [0, 0.05) is 0 Å².